The Hall–Kier alpha value is -0.240. The van der Waals surface area contributed by atoms with Gasteiger partial charge in [-0.25, -0.2) is 0 Å². The maximum absolute atomic E-state index is 5.36. The van der Waals surface area contributed by atoms with Gasteiger partial charge in [-0.2, -0.15) is 0 Å². The quantitative estimate of drug-likeness (QED) is 0.344. The van der Waals surface area contributed by atoms with Crippen molar-refractivity contribution in [1.82, 2.24) is 5.32 Å². The van der Waals surface area contributed by atoms with Gasteiger partial charge in [0.05, 0.1) is 6.34 Å². The van der Waals surface area contributed by atoms with Crippen molar-refractivity contribution in [2.75, 3.05) is 0 Å². The van der Waals surface area contributed by atoms with E-state index >= 15 is 0 Å². The van der Waals surface area contributed by atoms with Crippen molar-refractivity contribution in [2.24, 2.45) is 4.99 Å². The number of rotatable bonds is 0. The average Bonchev–Trinajstić information content (AvgIpc) is 1.86. The Balaban J connectivity index is 2.32. The summed E-state index contributed by atoms with van der Waals surface area (Å²) in [5, 5.41) is 2.68. The first kappa shape index (κ1) is 3.93. The molecule has 0 aromatic rings. The smallest absolute Gasteiger partial charge is 0.158 e. The van der Waals surface area contributed by atoms with Crippen LogP contribution < -0.4 is 5.32 Å². The summed E-state index contributed by atoms with van der Waals surface area (Å²) in [6, 6.07) is 0. The molecule has 0 aliphatic carbocycles. The van der Waals surface area contributed by atoms with Crippen molar-refractivity contribution in [2.45, 2.75) is 5.50 Å². The zero-order valence-corrected chi connectivity index (χ0v) is 3.74. The van der Waals surface area contributed by atoms with Gasteiger partial charge in [0.15, 0.2) is 6.54 Å². The topological polar surface area (TPSA) is 24.4 Å². The zero-order valence-electron chi connectivity index (χ0n) is 2.98. The monoisotopic (exact) mass is 102 g/mol. The molecule has 0 aromatic carbocycles. The van der Waals surface area contributed by atoms with Gasteiger partial charge in [0, 0.05) is 0 Å². The molecule has 1 rings (SSSR count). The minimum Gasteiger partial charge on any atom is -0.358 e. The Morgan fingerprint density at radius 1 is 2.00 bits per heavy atom. The molecular formula is C3H3ClN2. The third-order valence-corrected chi connectivity index (χ3v) is 0.697. The molecule has 1 atom stereocenters. The van der Waals surface area contributed by atoms with Gasteiger partial charge in [-0.05, 0) is 0 Å². The van der Waals surface area contributed by atoms with E-state index in [2.05, 4.69) is 16.9 Å². The van der Waals surface area contributed by atoms with E-state index in [1.165, 1.54) is 6.34 Å². The summed E-state index contributed by atoms with van der Waals surface area (Å²) in [6.07, 6.45) is 1.51. The van der Waals surface area contributed by atoms with E-state index in [4.69, 9.17) is 11.6 Å². The predicted molar refractivity (Wildman–Crippen MR) is 24.5 cm³/mol. The summed E-state index contributed by atoms with van der Waals surface area (Å²) in [4.78, 5) is 3.55. The lowest BCUT2D eigenvalue weighted by Gasteiger charge is -1.90. The Morgan fingerprint density at radius 2 is 2.83 bits per heavy atom. The first-order valence-corrected chi connectivity index (χ1v) is 2.00. The van der Waals surface area contributed by atoms with Gasteiger partial charge in [-0.1, -0.05) is 11.6 Å². The third kappa shape index (κ3) is 0.627. The van der Waals surface area contributed by atoms with E-state index in [0.717, 1.165) is 0 Å². The van der Waals surface area contributed by atoms with E-state index in [0.29, 0.717) is 0 Å². The Morgan fingerprint density at radius 3 is 3.00 bits per heavy atom. The highest BCUT2D eigenvalue weighted by Gasteiger charge is 2.04. The van der Waals surface area contributed by atoms with Gasteiger partial charge in [0.1, 0.15) is 5.50 Å². The Bertz CT molecular complexity index is 63.2. The first-order valence-electron chi connectivity index (χ1n) is 1.57. The average molecular weight is 103 g/mol. The molecular weight excluding hydrogens is 99.5 g/mol. The van der Waals surface area contributed by atoms with E-state index in [-0.39, 0.29) is 5.50 Å². The van der Waals surface area contributed by atoms with Crippen molar-refractivity contribution in [3.8, 4) is 0 Å². The maximum Gasteiger partial charge on any atom is 0.158 e. The van der Waals surface area contributed by atoms with Gasteiger partial charge in [0.2, 0.25) is 0 Å². The molecule has 6 heavy (non-hydrogen) atoms. The second-order valence-corrected chi connectivity index (χ2v) is 1.35. The SMILES string of the molecule is ClC1[C]N=CN1. The van der Waals surface area contributed by atoms with Crippen molar-refractivity contribution >= 4 is 17.9 Å². The lowest BCUT2D eigenvalue weighted by molar-refractivity contribution is 0.968. The van der Waals surface area contributed by atoms with Gasteiger partial charge < -0.3 is 5.32 Å². The lowest BCUT2D eigenvalue weighted by atomic mass is 10.7. The second kappa shape index (κ2) is 1.47. The molecule has 0 bridgehead atoms. The van der Waals surface area contributed by atoms with Crippen molar-refractivity contribution in [1.29, 1.82) is 0 Å². The van der Waals surface area contributed by atoms with Crippen LogP contribution in [0.5, 0.6) is 0 Å². The molecule has 0 saturated carbocycles. The van der Waals surface area contributed by atoms with Gasteiger partial charge in [-0.3, -0.25) is 4.99 Å². The lowest BCUT2D eigenvalue weighted by Crippen LogP contribution is -2.14. The minimum absolute atomic E-state index is 0.204. The Labute approximate surface area is 41.2 Å². The van der Waals surface area contributed by atoms with E-state index in [9.17, 15) is 0 Å². The predicted octanol–water partition coefficient (Wildman–Crippen LogP) is 0.222. The van der Waals surface area contributed by atoms with Crippen LogP contribution in [0.1, 0.15) is 0 Å². The highest BCUT2D eigenvalue weighted by molar-refractivity contribution is 6.22. The van der Waals surface area contributed by atoms with Gasteiger partial charge >= 0.3 is 0 Å². The van der Waals surface area contributed by atoms with Crippen LogP contribution in [0.15, 0.2) is 4.99 Å². The molecule has 1 aliphatic heterocycles. The largest absolute Gasteiger partial charge is 0.358 e. The normalized spacial score (nSPS) is 30.5. The van der Waals surface area contributed by atoms with Crippen molar-refractivity contribution in [3.05, 3.63) is 6.54 Å². The molecule has 2 radical (unpaired) electrons. The van der Waals surface area contributed by atoms with Crippen LogP contribution in [0.4, 0.5) is 0 Å². The van der Waals surface area contributed by atoms with Crippen LogP contribution in [0, 0.1) is 6.54 Å². The standard InChI is InChI=1S/C3H3ClN2/c4-3-1-5-2-6-3/h2-3,6H. The van der Waals surface area contributed by atoms with E-state index < -0.39 is 0 Å². The second-order valence-electron chi connectivity index (χ2n) is 0.917. The fourth-order valence-electron chi connectivity index (χ4n) is 0.243. The van der Waals surface area contributed by atoms with Crippen LogP contribution in [-0.2, 0) is 0 Å². The van der Waals surface area contributed by atoms with E-state index in [1.54, 1.807) is 0 Å². The van der Waals surface area contributed by atoms with E-state index in [1.807, 2.05) is 0 Å². The number of alkyl halides is 1. The summed E-state index contributed by atoms with van der Waals surface area (Å²) >= 11 is 5.36. The Kier molecular flexibility index (Phi) is 0.965. The highest BCUT2D eigenvalue weighted by atomic mass is 35.5. The van der Waals surface area contributed by atoms with Crippen molar-refractivity contribution < 1.29 is 0 Å². The van der Waals surface area contributed by atoms with Gasteiger partial charge in [-0.15, -0.1) is 0 Å². The molecule has 0 aromatic heterocycles. The number of nitrogens with zero attached hydrogens (tertiary/aromatic N) is 1. The summed E-state index contributed by atoms with van der Waals surface area (Å²) in [7, 11) is 0. The van der Waals surface area contributed by atoms with Crippen LogP contribution >= 0.6 is 11.6 Å². The summed E-state index contributed by atoms with van der Waals surface area (Å²) in [5.74, 6) is 0. The highest BCUT2D eigenvalue weighted by Crippen LogP contribution is 1.98. The van der Waals surface area contributed by atoms with Crippen LogP contribution in [0.3, 0.4) is 0 Å². The summed E-state index contributed by atoms with van der Waals surface area (Å²) in [5.41, 5.74) is -0.204. The number of aliphatic imine (C=N–C) groups is 1. The van der Waals surface area contributed by atoms with Crippen molar-refractivity contribution in [3.63, 3.8) is 0 Å². The van der Waals surface area contributed by atoms with Crippen LogP contribution in [0.2, 0.25) is 0 Å². The number of halogens is 1. The fourth-order valence-corrected chi connectivity index (χ4v) is 0.355. The number of hydrogen-bond donors (Lipinski definition) is 1. The van der Waals surface area contributed by atoms with Crippen LogP contribution in [-0.4, -0.2) is 11.8 Å². The fraction of sp³-hybridized carbons (Fsp3) is 0.333. The molecule has 0 amide bonds. The zero-order chi connectivity index (χ0) is 4.41. The molecule has 3 heteroatoms. The molecule has 1 aliphatic rings. The molecule has 2 nitrogen and oxygen atoms in total. The minimum atomic E-state index is -0.204. The molecule has 0 spiro atoms. The molecule has 1 N–H and O–H groups in total. The van der Waals surface area contributed by atoms with Gasteiger partial charge in [0.25, 0.3) is 0 Å². The number of nitrogens with one attached hydrogen (secondary N) is 1. The third-order valence-electron chi connectivity index (χ3n) is 0.473. The summed E-state index contributed by atoms with van der Waals surface area (Å²) < 4.78 is 0. The number of hydrogen-bond acceptors (Lipinski definition) is 2. The first-order chi connectivity index (χ1) is 2.89. The maximum atomic E-state index is 5.36. The molecule has 32 valence electrons. The van der Waals surface area contributed by atoms with Crippen LogP contribution in [0.25, 0.3) is 0 Å². The summed E-state index contributed by atoms with van der Waals surface area (Å²) in [6.45, 7) is 2.54. The molecule has 1 heterocycles. The molecule has 0 fully saturated rings. The molecule has 1 unspecified atom stereocenters. The molecule has 0 saturated heterocycles.